The molecule has 2 amide bonds. The first kappa shape index (κ1) is 17.7. The number of hydrogen-bond donors (Lipinski definition) is 0. The molecule has 4 rings (SSSR count). The fraction of sp³-hybridized carbons (Fsp3) is 0.409. The number of benzene rings is 1. The van der Waals surface area contributed by atoms with Gasteiger partial charge in [0.05, 0.1) is 16.6 Å². The molecule has 0 N–H and O–H groups in total. The van der Waals surface area contributed by atoms with Crippen molar-refractivity contribution in [1.29, 1.82) is 0 Å². The molecule has 0 aliphatic carbocycles. The van der Waals surface area contributed by atoms with Gasteiger partial charge in [-0.05, 0) is 37.8 Å². The first-order chi connectivity index (χ1) is 13.1. The van der Waals surface area contributed by atoms with Crippen molar-refractivity contribution >= 4 is 22.7 Å². The molecule has 2 aromatic rings. The summed E-state index contributed by atoms with van der Waals surface area (Å²) in [7, 11) is 0. The summed E-state index contributed by atoms with van der Waals surface area (Å²) in [6, 6.07) is 9.59. The third kappa shape index (κ3) is 3.11. The number of para-hydroxylation sites is 1. The van der Waals surface area contributed by atoms with E-state index in [4.69, 9.17) is 0 Å². The van der Waals surface area contributed by atoms with Crippen LogP contribution >= 0.6 is 0 Å². The maximum atomic E-state index is 13.3. The molecular weight excluding hydrogens is 338 g/mol. The standard InChI is InChI=1S/C22H25N3O2/c1-2-14-25-19(26)10-4-11-22(25)12-6-15-24(16-22)21(27)18-9-3-7-17-8-5-13-23-20(17)18/h2-3,5,7-9,13H,1,4,6,10-12,14-16H2. The van der Waals surface area contributed by atoms with Crippen molar-refractivity contribution in [3.63, 3.8) is 0 Å². The highest BCUT2D eigenvalue weighted by atomic mass is 16.2. The molecule has 3 heterocycles. The van der Waals surface area contributed by atoms with Gasteiger partial charge in [0.1, 0.15) is 0 Å². The number of carbonyl (C=O) groups is 2. The Balaban J connectivity index is 1.65. The second-order valence-corrected chi connectivity index (χ2v) is 7.58. The molecule has 1 atom stereocenters. The number of rotatable bonds is 3. The summed E-state index contributed by atoms with van der Waals surface area (Å²) in [4.78, 5) is 34.2. The summed E-state index contributed by atoms with van der Waals surface area (Å²) < 4.78 is 0. The lowest BCUT2D eigenvalue weighted by molar-refractivity contribution is -0.143. The Hall–Kier alpha value is -2.69. The van der Waals surface area contributed by atoms with Crippen LogP contribution in [-0.4, -0.2) is 51.8 Å². The fourth-order valence-electron chi connectivity index (χ4n) is 4.68. The number of fused-ring (bicyclic) bond motifs is 1. The Labute approximate surface area is 159 Å². The smallest absolute Gasteiger partial charge is 0.256 e. The Morgan fingerprint density at radius 1 is 1.22 bits per heavy atom. The predicted molar refractivity (Wildman–Crippen MR) is 105 cm³/mol. The number of pyridine rings is 1. The van der Waals surface area contributed by atoms with E-state index < -0.39 is 0 Å². The van der Waals surface area contributed by atoms with E-state index >= 15 is 0 Å². The lowest BCUT2D eigenvalue weighted by atomic mass is 9.79. The van der Waals surface area contributed by atoms with Crippen molar-refractivity contribution in [2.45, 2.75) is 37.6 Å². The Kier molecular flexibility index (Phi) is 4.68. The number of amides is 2. The molecule has 1 unspecified atom stereocenters. The summed E-state index contributed by atoms with van der Waals surface area (Å²) >= 11 is 0. The molecule has 1 aromatic heterocycles. The van der Waals surface area contributed by atoms with Gasteiger partial charge in [-0.3, -0.25) is 14.6 Å². The lowest BCUT2D eigenvalue weighted by Crippen LogP contribution is -2.63. The maximum absolute atomic E-state index is 13.3. The van der Waals surface area contributed by atoms with Crippen molar-refractivity contribution in [2.75, 3.05) is 19.6 Å². The van der Waals surface area contributed by atoms with Gasteiger partial charge in [0.2, 0.25) is 5.91 Å². The number of piperidine rings is 2. The highest BCUT2D eigenvalue weighted by molar-refractivity contribution is 6.05. The van der Waals surface area contributed by atoms with E-state index in [1.54, 1.807) is 12.3 Å². The number of aromatic nitrogens is 1. The van der Waals surface area contributed by atoms with E-state index in [-0.39, 0.29) is 17.4 Å². The van der Waals surface area contributed by atoms with Gasteiger partial charge in [-0.1, -0.05) is 24.3 Å². The Bertz CT molecular complexity index is 885. The molecule has 0 bridgehead atoms. The van der Waals surface area contributed by atoms with Crippen LogP contribution in [0.1, 0.15) is 42.5 Å². The van der Waals surface area contributed by atoms with E-state index in [1.165, 1.54) is 0 Å². The molecule has 140 valence electrons. The summed E-state index contributed by atoms with van der Waals surface area (Å²) in [5.41, 5.74) is 1.13. The third-order valence-electron chi connectivity index (χ3n) is 5.92. The van der Waals surface area contributed by atoms with Crippen molar-refractivity contribution in [3.05, 3.63) is 54.7 Å². The predicted octanol–water partition coefficient (Wildman–Crippen LogP) is 3.41. The van der Waals surface area contributed by atoms with E-state index in [1.807, 2.05) is 40.1 Å². The Morgan fingerprint density at radius 2 is 2.04 bits per heavy atom. The largest absolute Gasteiger partial charge is 0.336 e. The van der Waals surface area contributed by atoms with E-state index in [2.05, 4.69) is 11.6 Å². The number of nitrogens with zero attached hydrogens (tertiary/aromatic N) is 3. The highest BCUT2D eigenvalue weighted by Gasteiger charge is 2.45. The number of likely N-dealkylation sites (tertiary alicyclic amines) is 2. The molecule has 2 saturated heterocycles. The van der Waals surface area contributed by atoms with Crippen molar-refractivity contribution in [3.8, 4) is 0 Å². The number of hydrogen-bond acceptors (Lipinski definition) is 3. The van der Waals surface area contributed by atoms with Crippen molar-refractivity contribution < 1.29 is 9.59 Å². The van der Waals surface area contributed by atoms with Crippen LogP contribution in [0.5, 0.6) is 0 Å². The normalized spacial score (nSPS) is 23.0. The second kappa shape index (κ2) is 7.14. The zero-order chi connectivity index (χ0) is 18.9. The van der Waals surface area contributed by atoms with Crippen LogP contribution in [0.15, 0.2) is 49.2 Å². The quantitative estimate of drug-likeness (QED) is 0.786. The van der Waals surface area contributed by atoms with Crippen LogP contribution in [-0.2, 0) is 4.79 Å². The van der Waals surface area contributed by atoms with Crippen LogP contribution in [0.25, 0.3) is 10.9 Å². The molecule has 2 aliphatic rings. The SMILES string of the molecule is C=CCN1C(=O)CCCC12CCCN(C(=O)c1cccc3cccnc13)C2. The average molecular weight is 363 g/mol. The van der Waals surface area contributed by atoms with Gasteiger partial charge in [-0.2, -0.15) is 0 Å². The van der Waals surface area contributed by atoms with Crippen molar-refractivity contribution in [2.24, 2.45) is 0 Å². The highest BCUT2D eigenvalue weighted by Crippen LogP contribution is 2.37. The van der Waals surface area contributed by atoms with E-state index in [0.717, 1.165) is 43.1 Å². The van der Waals surface area contributed by atoms with Gasteiger partial charge in [-0.15, -0.1) is 6.58 Å². The van der Waals surface area contributed by atoms with Crippen molar-refractivity contribution in [1.82, 2.24) is 14.8 Å². The zero-order valence-electron chi connectivity index (χ0n) is 15.6. The van der Waals surface area contributed by atoms with Gasteiger partial charge in [0.15, 0.2) is 0 Å². The maximum Gasteiger partial charge on any atom is 0.256 e. The molecule has 5 nitrogen and oxygen atoms in total. The van der Waals surface area contributed by atoms with Gasteiger partial charge in [0, 0.05) is 37.6 Å². The van der Waals surface area contributed by atoms with Gasteiger partial charge >= 0.3 is 0 Å². The summed E-state index contributed by atoms with van der Waals surface area (Å²) in [5, 5.41) is 0.969. The monoisotopic (exact) mass is 363 g/mol. The summed E-state index contributed by atoms with van der Waals surface area (Å²) in [6.45, 7) is 5.69. The first-order valence-electron chi connectivity index (χ1n) is 9.69. The van der Waals surface area contributed by atoms with Gasteiger partial charge in [-0.25, -0.2) is 0 Å². The minimum atomic E-state index is -0.255. The van der Waals surface area contributed by atoms with Crippen LogP contribution in [0.3, 0.4) is 0 Å². The molecular formula is C22H25N3O2. The van der Waals surface area contributed by atoms with Crippen LogP contribution < -0.4 is 0 Å². The minimum absolute atomic E-state index is 0.00921. The van der Waals surface area contributed by atoms with E-state index in [9.17, 15) is 9.59 Å². The molecule has 27 heavy (non-hydrogen) atoms. The summed E-state index contributed by atoms with van der Waals surface area (Å²) in [6.07, 6.45) is 7.81. The lowest BCUT2D eigenvalue weighted by Gasteiger charge is -2.52. The molecule has 2 aliphatic heterocycles. The topological polar surface area (TPSA) is 53.5 Å². The van der Waals surface area contributed by atoms with Crippen LogP contribution in [0.4, 0.5) is 0 Å². The average Bonchev–Trinajstić information content (AvgIpc) is 2.70. The Morgan fingerprint density at radius 3 is 2.89 bits per heavy atom. The number of carbonyl (C=O) groups excluding carboxylic acids is 2. The molecule has 1 spiro atoms. The summed E-state index contributed by atoms with van der Waals surface area (Å²) in [5.74, 6) is 0.192. The molecule has 0 saturated carbocycles. The molecule has 5 heteroatoms. The van der Waals surface area contributed by atoms with Crippen LogP contribution in [0, 0.1) is 0 Å². The third-order valence-corrected chi connectivity index (χ3v) is 5.92. The van der Waals surface area contributed by atoms with Gasteiger partial charge < -0.3 is 9.80 Å². The minimum Gasteiger partial charge on any atom is -0.336 e. The first-order valence-corrected chi connectivity index (χ1v) is 9.69. The van der Waals surface area contributed by atoms with Gasteiger partial charge in [0.25, 0.3) is 5.91 Å². The second-order valence-electron chi connectivity index (χ2n) is 7.58. The zero-order valence-corrected chi connectivity index (χ0v) is 15.6. The van der Waals surface area contributed by atoms with Crippen LogP contribution in [0.2, 0.25) is 0 Å². The fourth-order valence-corrected chi connectivity index (χ4v) is 4.68. The molecule has 2 fully saturated rings. The van der Waals surface area contributed by atoms with E-state index in [0.29, 0.717) is 25.1 Å². The molecule has 1 aromatic carbocycles. The molecule has 0 radical (unpaired) electrons.